The van der Waals surface area contributed by atoms with E-state index in [1.165, 1.54) is 17.0 Å². The molecule has 40 heavy (non-hydrogen) atoms. The molecule has 4 N–H and O–H groups in total. The lowest BCUT2D eigenvalue weighted by atomic mass is 9.90. The number of carbonyl (C=O) groups is 3. The van der Waals surface area contributed by atoms with Crippen LogP contribution in [0.25, 0.3) is 0 Å². The fourth-order valence-electron chi connectivity index (χ4n) is 5.62. The van der Waals surface area contributed by atoms with Gasteiger partial charge in [-0.05, 0) is 82.2 Å². The van der Waals surface area contributed by atoms with Gasteiger partial charge in [0, 0.05) is 12.0 Å². The van der Waals surface area contributed by atoms with Crippen molar-refractivity contribution in [1.29, 1.82) is 0 Å². The Labute approximate surface area is 235 Å². The third kappa shape index (κ3) is 6.71. The van der Waals surface area contributed by atoms with E-state index in [4.69, 9.17) is 10.5 Å². The van der Waals surface area contributed by atoms with Gasteiger partial charge < -0.3 is 21.1 Å². The Balaban J connectivity index is 1.43. The van der Waals surface area contributed by atoms with E-state index in [-0.39, 0.29) is 29.1 Å². The van der Waals surface area contributed by atoms with Crippen molar-refractivity contribution < 1.29 is 23.5 Å². The molecular formula is C30H40FN5O4. The Morgan fingerprint density at radius 1 is 1.18 bits per heavy atom. The molecule has 0 radical (unpaired) electrons. The summed E-state index contributed by atoms with van der Waals surface area (Å²) in [6, 6.07) is 7.93. The summed E-state index contributed by atoms with van der Waals surface area (Å²) in [5, 5.41) is 5.85. The number of amides is 3. The normalized spacial score (nSPS) is 22.4. The monoisotopic (exact) mass is 553 g/mol. The van der Waals surface area contributed by atoms with Gasteiger partial charge in [0.25, 0.3) is 0 Å². The third-order valence-electron chi connectivity index (χ3n) is 7.50. The van der Waals surface area contributed by atoms with Crippen LogP contribution >= 0.6 is 0 Å². The van der Waals surface area contributed by atoms with E-state index < -0.39 is 29.7 Å². The zero-order valence-corrected chi connectivity index (χ0v) is 24.1. The van der Waals surface area contributed by atoms with Crippen LogP contribution in [-0.4, -0.2) is 52.0 Å². The molecule has 1 fully saturated rings. The number of ether oxygens (including phenoxy) is 1. The number of halogens is 1. The summed E-state index contributed by atoms with van der Waals surface area (Å²) < 4.78 is 19.0. The van der Waals surface area contributed by atoms with Crippen molar-refractivity contribution in [2.75, 3.05) is 12.3 Å². The van der Waals surface area contributed by atoms with Gasteiger partial charge in [-0.3, -0.25) is 14.5 Å². The maximum absolute atomic E-state index is 13.4. The van der Waals surface area contributed by atoms with Crippen LogP contribution in [-0.2, 0) is 26.2 Å². The van der Waals surface area contributed by atoms with E-state index >= 15 is 0 Å². The van der Waals surface area contributed by atoms with Crippen LogP contribution in [0.2, 0.25) is 0 Å². The zero-order valence-electron chi connectivity index (χ0n) is 24.1. The van der Waals surface area contributed by atoms with Gasteiger partial charge in [-0.25, -0.2) is 14.2 Å². The second-order valence-electron chi connectivity index (χ2n) is 12.6. The summed E-state index contributed by atoms with van der Waals surface area (Å²) in [7, 11) is 0. The highest BCUT2D eigenvalue weighted by molar-refractivity contribution is 5.91. The number of anilines is 1. The Morgan fingerprint density at radius 3 is 2.50 bits per heavy atom. The molecular weight excluding hydrogens is 513 g/mol. The van der Waals surface area contributed by atoms with E-state index in [9.17, 15) is 18.8 Å². The minimum atomic E-state index is -0.835. The Hall–Kier alpha value is -3.69. The fourth-order valence-corrected chi connectivity index (χ4v) is 5.62. The number of nitrogen functional groups attached to an aromatic ring is 1. The van der Waals surface area contributed by atoms with Crippen molar-refractivity contribution in [2.24, 2.45) is 5.92 Å². The number of nitrogens with one attached hydrogen (secondary N) is 2. The van der Waals surface area contributed by atoms with Gasteiger partial charge in [0.1, 0.15) is 29.3 Å². The number of fused-ring (bicyclic) bond motifs is 1. The average Bonchev–Trinajstić information content (AvgIpc) is 3.38. The molecule has 1 unspecified atom stereocenters. The Morgan fingerprint density at radius 2 is 1.85 bits per heavy atom. The first-order valence-corrected chi connectivity index (χ1v) is 13.7. The van der Waals surface area contributed by atoms with Crippen LogP contribution < -0.4 is 16.4 Å². The van der Waals surface area contributed by atoms with Gasteiger partial charge in [-0.2, -0.15) is 0 Å². The molecule has 1 aliphatic carbocycles. The SMILES string of the molecule is C[C@H](NC(=O)[C@H]1C[C@H](Cc2ccc(F)cc2)CN1C(=O)OC(C)(C)C)C(=O)NC1CC(C)(C)c2nc(N)ccc21. The van der Waals surface area contributed by atoms with Crippen molar-refractivity contribution in [3.63, 3.8) is 0 Å². The van der Waals surface area contributed by atoms with Crippen molar-refractivity contribution >= 4 is 23.7 Å². The number of rotatable bonds is 6. The minimum absolute atomic E-state index is 0.0324. The van der Waals surface area contributed by atoms with Crippen LogP contribution in [0.15, 0.2) is 36.4 Å². The predicted molar refractivity (Wildman–Crippen MR) is 150 cm³/mol. The summed E-state index contributed by atoms with van der Waals surface area (Å²) in [5.74, 6) is -0.668. The molecule has 10 heteroatoms. The van der Waals surface area contributed by atoms with Crippen LogP contribution in [0.4, 0.5) is 15.0 Å². The lowest BCUT2D eigenvalue weighted by molar-refractivity contribution is -0.131. The molecule has 1 aromatic carbocycles. The van der Waals surface area contributed by atoms with Gasteiger partial charge in [0.15, 0.2) is 0 Å². The number of likely N-dealkylation sites (tertiary alicyclic amines) is 1. The van der Waals surface area contributed by atoms with Crippen molar-refractivity contribution in [3.8, 4) is 0 Å². The number of nitrogens with two attached hydrogens (primary N) is 1. The van der Waals surface area contributed by atoms with Crippen LogP contribution in [0, 0.1) is 11.7 Å². The number of pyridine rings is 1. The number of hydrogen-bond acceptors (Lipinski definition) is 6. The standard InChI is InChI=1S/C30H40FN5O4/c1-17(26(37)34-22-15-30(5,6)25-21(22)11-12-24(32)35-25)33-27(38)23-14-19(13-18-7-9-20(31)10-8-18)16-36(23)28(39)40-29(2,3)4/h7-12,17,19,22-23H,13-16H2,1-6H3,(H2,32,35)(H,33,38)(H,34,37)/t17-,19-,22?,23+/m0/s1. The number of hydrogen-bond donors (Lipinski definition) is 3. The minimum Gasteiger partial charge on any atom is -0.444 e. The van der Waals surface area contributed by atoms with E-state index in [1.54, 1.807) is 45.9 Å². The summed E-state index contributed by atoms with van der Waals surface area (Å²) in [6.45, 7) is 11.4. The van der Waals surface area contributed by atoms with Gasteiger partial charge in [-0.1, -0.05) is 32.0 Å². The largest absolute Gasteiger partial charge is 0.444 e. The average molecular weight is 554 g/mol. The van der Waals surface area contributed by atoms with Gasteiger partial charge in [0.2, 0.25) is 11.8 Å². The molecule has 4 atom stereocenters. The number of nitrogens with zero attached hydrogens (tertiary/aromatic N) is 2. The van der Waals surface area contributed by atoms with E-state index in [2.05, 4.69) is 29.5 Å². The fraction of sp³-hybridized carbons (Fsp3) is 0.533. The van der Waals surface area contributed by atoms with E-state index in [1.807, 2.05) is 6.07 Å². The highest BCUT2D eigenvalue weighted by atomic mass is 19.1. The first-order chi connectivity index (χ1) is 18.6. The lowest BCUT2D eigenvalue weighted by Gasteiger charge is -2.28. The molecule has 0 bridgehead atoms. The second kappa shape index (κ2) is 11.1. The molecule has 2 aliphatic rings. The first kappa shape index (κ1) is 29.3. The smallest absolute Gasteiger partial charge is 0.410 e. The number of benzene rings is 1. The van der Waals surface area contributed by atoms with Gasteiger partial charge >= 0.3 is 6.09 Å². The van der Waals surface area contributed by atoms with E-state index in [0.29, 0.717) is 31.6 Å². The Bertz CT molecular complexity index is 1270. The second-order valence-corrected chi connectivity index (χ2v) is 12.6. The summed E-state index contributed by atoms with van der Waals surface area (Å²) in [6.07, 6.45) is 1.05. The molecule has 4 rings (SSSR count). The molecule has 0 saturated carbocycles. The molecule has 3 amide bonds. The molecule has 1 saturated heterocycles. The van der Waals surface area contributed by atoms with Crippen molar-refractivity contribution in [3.05, 3.63) is 59.0 Å². The molecule has 2 heterocycles. The molecule has 1 aliphatic heterocycles. The molecule has 9 nitrogen and oxygen atoms in total. The van der Waals surface area contributed by atoms with Crippen LogP contribution in [0.3, 0.4) is 0 Å². The van der Waals surface area contributed by atoms with Gasteiger partial charge in [0.05, 0.1) is 11.7 Å². The van der Waals surface area contributed by atoms with E-state index in [0.717, 1.165) is 16.8 Å². The van der Waals surface area contributed by atoms with Crippen LogP contribution in [0.5, 0.6) is 0 Å². The summed E-state index contributed by atoms with van der Waals surface area (Å²) in [5.41, 5.74) is 7.60. The maximum atomic E-state index is 13.4. The van der Waals surface area contributed by atoms with Crippen LogP contribution in [0.1, 0.15) is 77.2 Å². The predicted octanol–water partition coefficient (Wildman–Crippen LogP) is 4.01. The molecule has 0 spiro atoms. The Kier molecular flexibility index (Phi) is 8.10. The zero-order chi connectivity index (χ0) is 29.4. The number of carbonyl (C=O) groups excluding carboxylic acids is 3. The maximum Gasteiger partial charge on any atom is 0.410 e. The summed E-state index contributed by atoms with van der Waals surface area (Å²) >= 11 is 0. The molecule has 216 valence electrons. The van der Waals surface area contributed by atoms with Gasteiger partial charge in [-0.15, -0.1) is 0 Å². The van der Waals surface area contributed by atoms with Crippen molar-refractivity contribution in [1.82, 2.24) is 20.5 Å². The third-order valence-corrected chi connectivity index (χ3v) is 7.50. The summed E-state index contributed by atoms with van der Waals surface area (Å²) in [4.78, 5) is 45.6. The molecule has 1 aromatic heterocycles. The number of aromatic nitrogens is 1. The first-order valence-electron chi connectivity index (χ1n) is 13.7. The quantitative estimate of drug-likeness (QED) is 0.496. The topological polar surface area (TPSA) is 127 Å². The highest BCUT2D eigenvalue weighted by Crippen LogP contribution is 2.43. The highest BCUT2D eigenvalue weighted by Gasteiger charge is 2.43. The lowest BCUT2D eigenvalue weighted by Crippen LogP contribution is -2.52. The molecule has 2 aromatic rings. The van der Waals surface area contributed by atoms with Crippen molar-refractivity contribution in [2.45, 2.75) is 89.9 Å².